The SMILES string of the molecule is CCNNCc1ccccc1O.NCc1ccccc1O.NCc1ccccc1O. The molecule has 0 aliphatic rings. The zero-order chi connectivity index (χ0) is 22.2. The van der Waals surface area contributed by atoms with Crippen molar-refractivity contribution in [1.29, 1.82) is 0 Å². The van der Waals surface area contributed by atoms with Gasteiger partial charge in [0, 0.05) is 42.9 Å². The average Bonchev–Trinajstić information content (AvgIpc) is 2.77. The number of rotatable bonds is 6. The van der Waals surface area contributed by atoms with E-state index >= 15 is 0 Å². The Balaban J connectivity index is 0.000000229. The maximum atomic E-state index is 9.34. The number of phenols is 3. The number of aromatic hydroxyl groups is 3. The highest BCUT2D eigenvalue weighted by molar-refractivity contribution is 5.32. The largest absolute Gasteiger partial charge is 0.508 e. The van der Waals surface area contributed by atoms with Crippen LogP contribution in [0.1, 0.15) is 23.6 Å². The van der Waals surface area contributed by atoms with Gasteiger partial charge in [0.1, 0.15) is 17.2 Å². The van der Waals surface area contributed by atoms with Gasteiger partial charge in [0.25, 0.3) is 0 Å². The third kappa shape index (κ3) is 9.40. The third-order valence-electron chi connectivity index (χ3n) is 4.00. The van der Waals surface area contributed by atoms with E-state index < -0.39 is 0 Å². The van der Waals surface area contributed by atoms with Crippen molar-refractivity contribution in [2.45, 2.75) is 26.6 Å². The second-order valence-electron chi connectivity index (χ2n) is 6.18. The van der Waals surface area contributed by atoms with Gasteiger partial charge in [-0.15, -0.1) is 0 Å². The molecule has 0 amide bonds. The summed E-state index contributed by atoms with van der Waals surface area (Å²) in [6, 6.07) is 21.4. The highest BCUT2D eigenvalue weighted by Crippen LogP contribution is 2.15. The molecular weight excluding hydrogens is 380 g/mol. The number of hydrogen-bond donors (Lipinski definition) is 7. The fraction of sp³-hybridized carbons (Fsp3) is 0.217. The summed E-state index contributed by atoms with van der Waals surface area (Å²) in [4.78, 5) is 0. The molecule has 0 spiro atoms. The Morgan fingerprint density at radius 1 is 0.600 bits per heavy atom. The second-order valence-corrected chi connectivity index (χ2v) is 6.18. The maximum absolute atomic E-state index is 9.34. The summed E-state index contributed by atoms with van der Waals surface area (Å²) in [5.74, 6) is 0.892. The Labute approximate surface area is 178 Å². The monoisotopic (exact) mass is 412 g/mol. The van der Waals surface area contributed by atoms with E-state index in [0.29, 0.717) is 25.4 Å². The van der Waals surface area contributed by atoms with Crippen LogP contribution in [-0.2, 0) is 19.6 Å². The summed E-state index contributed by atoms with van der Waals surface area (Å²) in [5, 5.41) is 27.4. The van der Waals surface area contributed by atoms with Crippen LogP contribution in [0.25, 0.3) is 0 Å². The summed E-state index contributed by atoms with van der Waals surface area (Å²) in [6.07, 6.45) is 0. The predicted molar refractivity (Wildman–Crippen MR) is 121 cm³/mol. The molecule has 7 heteroatoms. The smallest absolute Gasteiger partial charge is 0.120 e. The summed E-state index contributed by atoms with van der Waals surface area (Å²) >= 11 is 0. The van der Waals surface area contributed by atoms with Crippen molar-refractivity contribution in [3.8, 4) is 17.2 Å². The van der Waals surface area contributed by atoms with E-state index in [9.17, 15) is 5.11 Å². The van der Waals surface area contributed by atoms with E-state index in [2.05, 4.69) is 10.9 Å². The van der Waals surface area contributed by atoms with Crippen molar-refractivity contribution in [2.75, 3.05) is 6.54 Å². The number of hydrogen-bond acceptors (Lipinski definition) is 7. The molecule has 3 rings (SSSR count). The maximum Gasteiger partial charge on any atom is 0.120 e. The molecule has 0 fully saturated rings. The Kier molecular flexibility index (Phi) is 12.3. The molecule has 9 N–H and O–H groups in total. The third-order valence-corrected chi connectivity index (χ3v) is 4.00. The van der Waals surface area contributed by atoms with E-state index in [4.69, 9.17) is 21.7 Å². The Bertz CT molecular complexity index is 814. The van der Waals surface area contributed by atoms with Gasteiger partial charge in [-0.05, 0) is 18.2 Å². The number of hydrazine groups is 1. The summed E-state index contributed by atoms with van der Waals surface area (Å²) in [5.41, 5.74) is 19.0. The van der Waals surface area contributed by atoms with Gasteiger partial charge < -0.3 is 26.8 Å². The second kappa shape index (κ2) is 14.8. The number of para-hydroxylation sites is 3. The van der Waals surface area contributed by atoms with Gasteiger partial charge in [-0.1, -0.05) is 61.5 Å². The minimum Gasteiger partial charge on any atom is -0.508 e. The summed E-state index contributed by atoms with van der Waals surface area (Å²) in [6.45, 7) is 4.31. The molecule has 3 aromatic rings. The molecule has 0 saturated heterocycles. The van der Waals surface area contributed by atoms with Crippen molar-refractivity contribution >= 4 is 0 Å². The van der Waals surface area contributed by atoms with Crippen molar-refractivity contribution in [2.24, 2.45) is 11.5 Å². The van der Waals surface area contributed by atoms with Crippen LogP contribution in [0.15, 0.2) is 72.8 Å². The quantitative estimate of drug-likeness (QED) is 0.244. The lowest BCUT2D eigenvalue weighted by atomic mass is 10.2. The van der Waals surface area contributed by atoms with E-state index in [1.165, 1.54) is 0 Å². The lowest BCUT2D eigenvalue weighted by molar-refractivity contribution is 0.458. The minimum atomic E-state index is 0.278. The van der Waals surface area contributed by atoms with Crippen LogP contribution in [-0.4, -0.2) is 21.9 Å². The van der Waals surface area contributed by atoms with Gasteiger partial charge in [0.2, 0.25) is 0 Å². The lowest BCUT2D eigenvalue weighted by Crippen LogP contribution is -2.30. The van der Waals surface area contributed by atoms with E-state index in [1.54, 1.807) is 42.5 Å². The van der Waals surface area contributed by atoms with Crippen LogP contribution in [0.3, 0.4) is 0 Å². The molecular formula is C23H32N4O3. The molecule has 30 heavy (non-hydrogen) atoms. The molecule has 7 nitrogen and oxygen atoms in total. The van der Waals surface area contributed by atoms with E-state index in [1.807, 2.05) is 37.3 Å². The molecule has 162 valence electrons. The number of nitrogens with two attached hydrogens (primary N) is 2. The van der Waals surface area contributed by atoms with Crippen LogP contribution >= 0.6 is 0 Å². The first-order valence-corrected chi connectivity index (χ1v) is 9.69. The molecule has 0 bridgehead atoms. The standard InChI is InChI=1S/C9H14N2O.2C7H9NO/c1-2-10-11-7-8-5-3-4-6-9(8)12;2*8-5-6-3-1-2-4-7(6)9/h3-6,10-12H,2,7H2,1H3;2*1-4,9H,5,8H2. The fourth-order valence-corrected chi connectivity index (χ4v) is 2.31. The molecule has 0 atom stereocenters. The molecule has 0 aliphatic carbocycles. The summed E-state index contributed by atoms with van der Waals surface area (Å²) in [7, 11) is 0. The van der Waals surface area contributed by atoms with Gasteiger partial charge in [-0.25, -0.2) is 0 Å². The molecule has 0 aromatic heterocycles. The molecule has 0 radical (unpaired) electrons. The van der Waals surface area contributed by atoms with Gasteiger partial charge >= 0.3 is 0 Å². The number of nitrogens with one attached hydrogen (secondary N) is 2. The van der Waals surface area contributed by atoms with Crippen molar-refractivity contribution < 1.29 is 15.3 Å². The van der Waals surface area contributed by atoms with Gasteiger partial charge in [-0.2, -0.15) is 0 Å². The molecule has 0 unspecified atom stereocenters. The Morgan fingerprint density at radius 2 is 0.967 bits per heavy atom. The first-order chi connectivity index (χ1) is 14.5. The number of phenolic OH excluding ortho intramolecular Hbond substituents is 3. The molecule has 0 aliphatic heterocycles. The normalized spacial score (nSPS) is 9.70. The number of benzene rings is 3. The molecule has 0 heterocycles. The van der Waals surface area contributed by atoms with Gasteiger partial charge in [0.05, 0.1) is 0 Å². The molecule has 3 aromatic carbocycles. The first-order valence-electron chi connectivity index (χ1n) is 9.69. The van der Waals surface area contributed by atoms with E-state index in [-0.39, 0.29) is 11.5 Å². The van der Waals surface area contributed by atoms with Gasteiger partial charge in [0.15, 0.2) is 0 Å². The Hall–Kier alpha value is -3.10. The fourth-order valence-electron chi connectivity index (χ4n) is 2.31. The van der Waals surface area contributed by atoms with E-state index in [0.717, 1.165) is 23.2 Å². The average molecular weight is 413 g/mol. The van der Waals surface area contributed by atoms with Crippen LogP contribution in [0.2, 0.25) is 0 Å². The van der Waals surface area contributed by atoms with Crippen LogP contribution in [0.4, 0.5) is 0 Å². The van der Waals surface area contributed by atoms with Crippen LogP contribution < -0.4 is 22.3 Å². The summed E-state index contributed by atoms with van der Waals surface area (Å²) < 4.78 is 0. The van der Waals surface area contributed by atoms with Crippen molar-refractivity contribution in [3.63, 3.8) is 0 Å². The molecule has 0 saturated carbocycles. The van der Waals surface area contributed by atoms with Crippen molar-refractivity contribution in [3.05, 3.63) is 89.5 Å². The zero-order valence-corrected chi connectivity index (χ0v) is 17.3. The minimum absolute atomic E-state index is 0.278. The van der Waals surface area contributed by atoms with Gasteiger partial charge in [-0.3, -0.25) is 10.9 Å². The van der Waals surface area contributed by atoms with Crippen LogP contribution in [0.5, 0.6) is 17.2 Å². The van der Waals surface area contributed by atoms with Crippen LogP contribution in [0, 0.1) is 0 Å². The highest BCUT2D eigenvalue weighted by Gasteiger charge is 1.96. The topological polar surface area (TPSA) is 137 Å². The first kappa shape index (κ1) is 24.9. The highest BCUT2D eigenvalue weighted by atomic mass is 16.3. The lowest BCUT2D eigenvalue weighted by Gasteiger charge is -2.05. The zero-order valence-electron chi connectivity index (χ0n) is 17.3. The predicted octanol–water partition coefficient (Wildman–Crippen LogP) is 2.71. The van der Waals surface area contributed by atoms with Crippen molar-refractivity contribution in [1.82, 2.24) is 10.9 Å². The Morgan fingerprint density at radius 3 is 1.27 bits per heavy atom.